The van der Waals surface area contributed by atoms with Gasteiger partial charge in [-0.1, -0.05) is 45.4 Å². The second-order valence-electron chi connectivity index (χ2n) is 8.45. The first kappa shape index (κ1) is 14.4. The van der Waals surface area contributed by atoms with Crippen molar-refractivity contribution in [3.05, 3.63) is 24.3 Å². The van der Waals surface area contributed by atoms with Crippen LogP contribution in [0.2, 0.25) is 0 Å². The highest BCUT2D eigenvalue weighted by Crippen LogP contribution is 2.63. The zero-order valence-electron chi connectivity index (χ0n) is 13.4. The van der Waals surface area contributed by atoms with Crippen LogP contribution < -0.4 is 0 Å². The Balaban J connectivity index is 1.97. The Morgan fingerprint density at radius 1 is 1.20 bits per heavy atom. The molecule has 0 aliphatic heterocycles. The summed E-state index contributed by atoms with van der Waals surface area (Å²) in [6.45, 7) is 11.3. The maximum atomic E-state index is 10.5. The first-order chi connectivity index (χ1) is 9.31. The van der Waals surface area contributed by atoms with E-state index >= 15 is 0 Å². The molecule has 3 unspecified atom stereocenters. The Kier molecular flexibility index (Phi) is 3.21. The lowest BCUT2D eigenvalue weighted by Crippen LogP contribution is -2.51. The Labute approximate surface area is 124 Å². The molecular weight excluding hydrogens is 244 g/mol. The summed E-state index contributed by atoms with van der Waals surface area (Å²) in [7, 11) is 0. The third kappa shape index (κ3) is 2.01. The third-order valence-corrected chi connectivity index (χ3v) is 6.86. The minimum absolute atomic E-state index is 0.453. The number of hydrogen-bond acceptors (Lipinski definition) is 1. The average molecular weight is 274 g/mol. The molecule has 0 spiro atoms. The maximum Gasteiger partial charge on any atom is 0.101 e. The van der Waals surface area contributed by atoms with Gasteiger partial charge in [0.1, 0.15) is 5.60 Å². The number of aliphatic hydroxyl groups is 1. The van der Waals surface area contributed by atoms with Crippen molar-refractivity contribution in [2.75, 3.05) is 0 Å². The van der Waals surface area contributed by atoms with E-state index in [0.717, 1.165) is 18.8 Å². The lowest BCUT2D eigenvalue weighted by atomic mass is 9.46. The standard InChI is InChI=1S/C19H30O/c1-5-19(20)12-9-15-14(13-19)7-8-16-17(2,3)10-6-11-18(15,16)4/h5,13,15-16,20H,1,6-12H2,2-4H3/t15?,16?,18-,19?/m1/s1. The minimum atomic E-state index is -0.737. The van der Waals surface area contributed by atoms with E-state index < -0.39 is 5.60 Å². The molecule has 2 saturated carbocycles. The molecule has 0 radical (unpaired) electrons. The van der Waals surface area contributed by atoms with Gasteiger partial charge < -0.3 is 5.11 Å². The highest BCUT2D eigenvalue weighted by Gasteiger charge is 2.54. The molecule has 0 aromatic carbocycles. The molecule has 0 saturated heterocycles. The second-order valence-corrected chi connectivity index (χ2v) is 8.45. The van der Waals surface area contributed by atoms with Gasteiger partial charge in [0, 0.05) is 0 Å². The molecule has 3 aliphatic carbocycles. The van der Waals surface area contributed by atoms with Crippen molar-refractivity contribution in [3.63, 3.8) is 0 Å². The molecule has 20 heavy (non-hydrogen) atoms. The normalized spacial score (nSPS) is 46.9. The summed E-state index contributed by atoms with van der Waals surface area (Å²) in [4.78, 5) is 0. The zero-order chi connectivity index (χ0) is 14.6. The van der Waals surface area contributed by atoms with Crippen LogP contribution in [-0.2, 0) is 0 Å². The van der Waals surface area contributed by atoms with Crippen molar-refractivity contribution in [2.45, 2.75) is 71.3 Å². The van der Waals surface area contributed by atoms with Gasteiger partial charge in [-0.25, -0.2) is 0 Å². The Morgan fingerprint density at radius 2 is 1.95 bits per heavy atom. The van der Waals surface area contributed by atoms with Crippen LogP contribution >= 0.6 is 0 Å². The average Bonchev–Trinajstić information content (AvgIpc) is 2.37. The molecule has 3 aliphatic rings. The van der Waals surface area contributed by atoms with Gasteiger partial charge in [0.15, 0.2) is 0 Å². The Morgan fingerprint density at radius 3 is 2.65 bits per heavy atom. The van der Waals surface area contributed by atoms with Gasteiger partial charge in [0.2, 0.25) is 0 Å². The second kappa shape index (κ2) is 4.47. The van der Waals surface area contributed by atoms with Crippen molar-refractivity contribution in [3.8, 4) is 0 Å². The van der Waals surface area contributed by atoms with Gasteiger partial charge in [-0.15, -0.1) is 0 Å². The summed E-state index contributed by atoms with van der Waals surface area (Å²) >= 11 is 0. The lowest BCUT2D eigenvalue weighted by molar-refractivity contribution is -0.0629. The predicted molar refractivity (Wildman–Crippen MR) is 84.4 cm³/mol. The van der Waals surface area contributed by atoms with Gasteiger partial charge in [-0.2, -0.15) is 0 Å². The largest absolute Gasteiger partial charge is 0.382 e. The molecule has 3 rings (SSSR count). The maximum absolute atomic E-state index is 10.5. The molecule has 1 heteroatoms. The summed E-state index contributed by atoms with van der Waals surface area (Å²) in [5.41, 5.74) is 1.73. The summed E-state index contributed by atoms with van der Waals surface area (Å²) in [5, 5.41) is 10.5. The Bertz CT molecular complexity index is 447. The van der Waals surface area contributed by atoms with E-state index in [9.17, 15) is 5.11 Å². The summed E-state index contributed by atoms with van der Waals surface area (Å²) < 4.78 is 0. The molecule has 0 heterocycles. The molecule has 0 aromatic rings. The fourth-order valence-corrected chi connectivity index (χ4v) is 5.83. The molecule has 112 valence electrons. The summed E-state index contributed by atoms with van der Waals surface area (Å²) in [5.74, 6) is 1.54. The number of rotatable bonds is 1. The van der Waals surface area contributed by atoms with Crippen LogP contribution in [0.5, 0.6) is 0 Å². The molecule has 0 amide bonds. The number of allylic oxidation sites excluding steroid dienone is 1. The Hall–Kier alpha value is -0.560. The molecule has 0 bridgehead atoms. The van der Waals surface area contributed by atoms with Crippen molar-refractivity contribution < 1.29 is 5.11 Å². The van der Waals surface area contributed by atoms with Crippen LogP contribution in [-0.4, -0.2) is 10.7 Å². The fraction of sp³-hybridized carbons (Fsp3) is 0.789. The fourth-order valence-electron chi connectivity index (χ4n) is 5.83. The van der Waals surface area contributed by atoms with Gasteiger partial charge in [-0.05, 0) is 67.3 Å². The quantitative estimate of drug-likeness (QED) is 0.677. The van der Waals surface area contributed by atoms with Crippen molar-refractivity contribution >= 4 is 0 Å². The highest BCUT2D eigenvalue weighted by atomic mass is 16.3. The SMILES string of the molecule is C=CC1(O)C=C2CCC3C(C)(C)CCC[C@]3(C)C2CC1. The number of fused-ring (bicyclic) bond motifs is 3. The smallest absolute Gasteiger partial charge is 0.101 e. The topological polar surface area (TPSA) is 20.2 Å². The monoisotopic (exact) mass is 274 g/mol. The van der Waals surface area contributed by atoms with Crippen LogP contribution in [0.1, 0.15) is 65.7 Å². The molecule has 2 fully saturated rings. The minimum Gasteiger partial charge on any atom is -0.382 e. The van der Waals surface area contributed by atoms with Gasteiger partial charge in [0.25, 0.3) is 0 Å². The third-order valence-electron chi connectivity index (χ3n) is 6.86. The summed E-state index contributed by atoms with van der Waals surface area (Å²) in [6.07, 6.45) is 12.5. The van der Waals surface area contributed by atoms with E-state index in [1.165, 1.54) is 37.7 Å². The van der Waals surface area contributed by atoms with E-state index in [2.05, 4.69) is 33.4 Å². The molecule has 1 nitrogen and oxygen atoms in total. The molecule has 4 atom stereocenters. The van der Waals surface area contributed by atoms with E-state index in [1.807, 2.05) is 0 Å². The van der Waals surface area contributed by atoms with Crippen LogP contribution in [0.15, 0.2) is 24.3 Å². The first-order valence-corrected chi connectivity index (χ1v) is 8.38. The predicted octanol–water partition coefficient (Wildman–Crippen LogP) is 4.87. The van der Waals surface area contributed by atoms with E-state index in [4.69, 9.17) is 0 Å². The number of hydrogen-bond donors (Lipinski definition) is 1. The van der Waals surface area contributed by atoms with Crippen LogP contribution in [0.3, 0.4) is 0 Å². The first-order valence-electron chi connectivity index (χ1n) is 8.38. The molecule has 0 aromatic heterocycles. The van der Waals surface area contributed by atoms with Gasteiger partial charge in [0.05, 0.1) is 0 Å². The highest BCUT2D eigenvalue weighted by molar-refractivity contribution is 5.28. The zero-order valence-corrected chi connectivity index (χ0v) is 13.4. The van der Waals surface area contributed by atoms with Gasteiger partial charge >= 0.3 is 0 Å². The molecular formula is C19H30O. The molecule has 1 N–H and O–H groups in total. The van der Waals surface area contributed by atoms with Crippen molar-refractivity contribution in [1.29, 1.82) is 0 Å². The van der Waals surface area contributed by atoms with Crippen molar-refractivity contribution in [1.82, 2.24) is 0 Å². The lowest BCUT2D eigenvalue weighted by Gasteiger charge is -2.59. The van der Waals surface area contributed by atoms with Crippen molar-refractivity contribution in [2.24, 2.45) is 22.7 Å². The van der Waals surface area contributed by atoms with Crippen LogP contribution in [0.4, 0.5) is 0 Å². The van der Waals surface area contributed by atoms with Crippen LogP contribution in [0, 0.1) is 22.7 Å². The van der Waals surface area contributed by atoms with Gasteiger partial charge in [-0.3, -0.25) is 0 Å². The van der Waals surface area contributed by atoms with E-state index in [-0.39, 0.29) is 0 Å². The summed E-state index contributed by atoms with van der Waals surface area (Å²) in [6, 6.07) is 0. The van der Waals surface area contributed by atoms with E-state index in [0.29, 0.717) is 16.7 Å². The van der Waals surface area contributed by atoms with E-state index in [1.54, 1.807) is 6.08 Å². The van der Waals surface area contributed by atoms with Crippen LogP contribution in [0.25, 0.3) is 0 Å².